The van der Waals surface area contributed by atoms with E-state index in [9.17, 15) is 13.2 Å². The minimum atomic E-state index is -2.82. The molecule has 6 heteroatoms. The van der Waals surface area contributed by atoms with Crippen LogP contribution >= 0.6 is 0 Å². The van der Waals surface area contributed by atoms with Gasteiger partial charge >= 0.3 is 0 Å². The average Bonchev–Trinajstić information content (AvgIpc) is 2.92. The van der Waals surface area contributed by atoms with Gasteiger partial charge in [0.15, 0.2) is 0 Å². The van der Waals surface area contributed by atoms with Crippen LogP contribution in [0.5, 0.6) is 5.75 Å². The van der Waals surface area contributed by atoms with Gasteiger partial charge in [0.05, 0.1) is 19.1 Å². The standard InChI is InChI=1S/C13H16F3NO2/c1-19-11-3-2-10(14)4-9(11)5-17-7-12(8-18)6-13(12,15)16/h2-4,17-18H,5-8H2,1H3. The number of aliphatic hydroxyl groups excluding tert-OH is 1. The van der Waals surface area contributed by atoms with Gasteiger partial charge in [-0.2, -0.15) is 0 Å². The minimum Gasteiger partial charge on any atom is -0.496 e. The van der Waals surface area contributed by atoms with E-state index in [-0.39, 0.29) is 19.5 Å². The minimum absolute atomic E-state index is 0.0177. The maximum absolute atomic E-state index is 13.1. The normalized spacial score (nSPS) is 24.3. The monoisotopic (exact) mass is 275 g/mol. The molecule has 1 aromatic carbocycles. The predicted octanol–water partition coefficient (Wildman–Crippen LogP) is 1.94. The van der Waals surface area contributed by atoms with Gasteiger partial charge < -0.3 is 15.2 Å². The number of aliphatic hydroxyl groups is 1. The van der Waals surface area contributed by atoms with Crippen LogP contribution in [0, 0.1) is 11.2 Å². The molecule has 106 valence electrons. The number of alkyl halides is 2. The summed E-state index contributed by atoms with van der Waals surface area (Å²) in [6.07, 6.45) is -0.316. The molecule has 2 N–H and O–H groups in total. The lowest BCUT2D eigenvalue weighted by Gasteiger charge is -2.15. The van der Waals surface area contributed by atoms with Crippen molar-refractivity contribution >= 4 is 0 Å². The lowest BCUT2D eigenvalue weighted by atomic mass is 10.1. The Morgan fingerprint density at radius 2 is 2.11 bits per heavy atom. The number of benzene rings is 1. The highest BCUT2D eigenvalue weighted by molar-refractivity contribution is 5.33. The summed E-state index contributed by atoms with van der Waals surface area (Å²) in [6.45, 7) is -0.373. The number of hydrogen-bond acceptors (Lipinski definition) is 3. The first-order valence-corrected chi connectivity index (χ1v) is 5.96. The van der Waals surface area contributed by atoms with E-state index in [1.165, 1.54) is 25.3 Å². The maximum atomic E-state index is 13.1. The number of methoxy groups -OCH3 is 1. The molecule has 1 atom stereocenters. The van der Waals surface area contributed by atoms with E-state index >= 15 is 0 Å². The fourth-order valence-electron chi connectivity index (χ4n) is 2.12. The van der Waals surface area contributed by atoms with Gasteiger partial charge in [0, 0.05) is 25.1 Å². The first kappa shape index (κ1) is 14.1. The molecule has 1 aliphatic carbocycles. The molecule has 0 bridgehead atoms. The van der Waals surface area contributed by atoms with Gasteiger partial charge in [-0.25, -0.2) is 13.2 Å². The third-order valence-electron chi connectivity index (χ3n) is 3.54. The maximum Gasteiger partial charge on any atom is 0.258 e. The molecule has 1 fully saturated rings. The summed E-state index contributed by atoms with van der Waals surface area (Å²) in [7, 11) is 1.46. The second kappa shape index (κ2) is 5.02. The lowest BCUT2D eigenvalue weighted by molar-refractivity contribution is 0.0367. The van der Waals surface area contributed by atoms with Crippen molar-refractivity contribution in [1.29, 1.82) is 0 Å². The van der Waals surface area contributed by atoms with Gasteiger partial charge in [-0.1, -0.05) is 0 Å². The van der Waals surface area contributed by atoms with Crippen molar-refractivity contribution < 1.29 is 23.0 Å². The van der Waals surface area contributed by atoms with E-state index < -0.39 is 23.8 Å². The third-order valence-corrected chi connectivity index (χ3v) is 3.54. The van der Waals surface area contributed by atoms with Gasteiger partial charge in [0.1, 0.15) is 11.6 Å². The molecule has 3 nitrogen and oxygen atoms in total. The van der Waals surface area contributed by atoms with Crippen LogP contribution in [0.25, 0.3) is 0 Å². The fraction of sp³-hybridized carbons (Fsp3) is 0.538. The van der Waals surface area contributed by atoms with Crippen LogP contribution in [0.15, 0.2) is 18.2 Å². The van der Waals surface area contributed by atoms with Gasteiger partial charge in [-0.05, 0) is 18.2 Å². The summed E-state index contributed by atoms with van der Waals surface area (Å²) in [4.78, 5) is 0. The van der Waals surface area contributed by atoms with Crippen LogP contribution in [0.4, 0.5) is 13.2 Å². The molecule has 0 aliphatic heterocycles. The number of ether oxygens (including phenoxy) is 1. The van der Waals surface area contributed by atoms with Crippen LogP contribution in [-0.2, 0) is 6.54 Å². The van der Waals surface area contributed by atoms with Crippen molar-refractivity contribution in [3.8, 4) is 5.75 Å². The second-order valence-corrected chi connectivity index (χ2v) is 4.88. The van der Waals surface area contributed by atoms with Crippen molar-refractivity contribution in [3.63, 3.8) is 0 Å². The largest absolute Gasteiger partial charge is 0.496 e. The quantitative estimate of drug-likeness (QED) is 0.833. The summed E-state index contributed by atoms with van der Waals surface area (Å²) in [5.41, 5.74) is -0.812. The molecule has 0 radical (unpaired) electrons. The molecule has 2 rings (SSSR count). The van der Waals surface area contributed by atoms with Crippen LogP contribution < -0.4 is 10.1 Å². The molecule has 0 amide bonds. The van der Waals surface area contributed by atoms with E-state index in [0.717, 1.165) is 0 Å². The van der Waals surface area contributed by atoms with Crippen LogP contribution in [0.1, 0.15) is 12.0 Å². The topological polar surface area (TPSA) is 41.5 Å². The van der Waals surface area contributed by atoms with E-state index in [4.69, 9.17) is 9.84 Å². The van der Waals surface area contributed by atoms with Crippen molar-refractivity contribution in [2.75, 3.05) is 20.3 Å². The van der Waals surface area contributed by atoms with Crippen molar-refractivity contribution in [3.05, 3.63) is 29.6 Å². The van der Waals surface area contributed by atoms with Crippen LogP contribution in [0.2, 0.25) is 0 Å². The highest BCUT2D eigenvalue weighted by atomic mass is 19.3. The van der Waals surface area contributed by atoms with Crippen molar-refractivity contribution in [2.45, 2.75) is 18.9 Å². The summed E-state index contributed by atoms with van der Waals surface area (Å²) in [5, 5.41) is 11.9. The molecule has 0 saturated heterocycles. The highest BCUT2D eigenvalue weighted by Gasteiger charge is 2.70. The summed E-state index contributed by atoms with van der Waals surface area (Å²) in [6, 6.07) is 4.05. The Morgan fingerprint density at radius 3 is 2.63 bits per heavy atom. The van der Waals surface area contributed by atoms with E-state index in [1.807, 2.05) is 0 Å². The number of hydrogen-bond donors (Lipinski definition) is 2. The van der Waals surface area contributed by atoms with E-state index in [2.05, 4.69) is 5.32 Å². The molecule has 0 aromatic heterocycles. The van der Waals surface area contributed by atoms with Gasteiger partial charge in [-0.15, -0.1) is 0 Å². The van der Waals surface area contributed by atoms with E-state index in [0.29, 0.717) is 11.3 Å². The highest BCUT2D eigenvalue weighted by Crippen LogP contribution is 2.59. The third kappa shape index (κ3) is 2.69. The Labute approximate surface area is 109 Å². The number of nitrogens with one attached hydrogen (secondary N) is 1. The molecule has 1 unspecified atom stereocenters. The Bertz CT molecular complexity index is 467. The number of halogens is 3. The zero-order chi connectivity index (χ0) is 14.1. The number of rotatable bonds is 6. The molecular formula is C13H16F3NO2. The van der Waals surface area contributed by atoms with Crippen molar-refractivity contribution in [2.24, 2.45) is 5.41 Å². The van der Waals surface area contributed by atoms with Crippen LogP contribution in [0.3, 0.4) is 0 Å². The average molecular weight is 275 g/mol. The Balaban J connectivity index is 1.95. The molecule has 0 spiro atoms. The summed E-state index contributed by atoms with van der Waals surface area (Å²) < 4.78 is 44.4. The lowest BCUT2D eigenvalue weighted by Crippen LogP contribution is -2.30. The first-order valence-electron chi connectivity index (χ1n) is 5.96. The zero-order valence-electron chi connectivity index (χ0n) is 10.5. The van der Waals surface area contributed by atoms with Gasteiger partial charge in [0.2, 0.25) is 0 Å². The SMILES string of the molecule is COc1ccc(F)cc1CNCC1(CO)CC1(F)F. The smallest absolute Gasteiger partial charge is 0.258 e. The van der Waals surface area contributed by atoms with Gasteiger partial charge in [-0.3, -0.25) is 0 Å². The predicted molar refractivity (Wildman–Crippen MR) is 63.7 cm³/mol. The fourth-order valence-corrected chi connectivity index (χ4v) is 2.12. The molecular weight excluding hydrogens is 259 g/mol. The molecule has 1 aromatic rings. The Kier molecular flexibility index (Phi) is 3.73. The second-order valence-electron chi connectivity index (χ2n) is 4.88. The van der Waals surface area contributed by atoms with Crippen LogP contribution in [-0.4, -0.2) is 31.3 Å². The summed E-state index contributed by atoms with van der Waals surface area (Å²) in [5.74, 6) is -2.73. The van der Waals surface area contributed by atoms with Gasteiger partial charge in [0.25, 0.3) is 5.92 Å². The molecule has 1 aliphatic rings. The van der Waals surface area contributed by atoms with Crippen molar-refractivity contribution in [1.82, 2.24) is 5.32 Å². The zero-order valence-corrected chi connectivity index (χ0v) is 10.5. The summed E-state index contributed by atoms with van der Waals surface area (Å²) >= 11 is 0. The molecule has 1 saturated carbocycles. The molecule has 19 heavy (non-hydrogen) atoms. The van der Waals surface area contributed by atoms with E-state index in [1.54, 1.807) is 0 Å². The molecule has 0 heterocycles. The first-order chi connectivity index (χ1) is 8.94. The Morgan fingerprint density at radius 1 is 1.42 bits per heavy atom. The Hall–Kier alpha value is -1.27.